The Bertz CT molecular complexity index is 819. The van der Waals surface area contributed by atoms with Crippen LogP contribution in [0.3, 0.4) is 0 Å². The fourth-order valence-corrected chi connectivity index (χ4v) is 3.20. The third-order valence-corrected chi connectivity index (χ3v) is 5.29. The third-order valence-electron chi connectivity index (χ3n) is 5.29. The molecule has 0 aromatic rings. The first kappa shape index (κ1) is 34.3. The number of hydrogen-bond acceptors (Lipinski definition) is 7. The maximum atomic E-state index is 12.1. The number of carboxylic acids is 2. The van der Waals surface area contributed by atoms with Crippen LogP contribution in [0.15, 0.2) is 0 Å². The van der Waals surface area contributed by atoms with Crippen LogP contribution in [0.5, 0.6) is 0 Å². The Hall–Kier alpha value is -3.71. The summed E-state index contributed by atoms with van der Waals surface area (Å²) in [5, 5.41) is 30.8. The quantitative estimate of drug-likeness (QED) is 0.0919. The third kappa shape index (κ3) is 18.5. The lowest BCUT2D eigenvalue weighted by Crippen LogP contribution is -2.42. The average Bonchev–Trinajstić information content (AvgIpc) is 2.84. The summed E-state index contributed by atoms with van der Waals surface area (Å²) in [5.74, 6) is -4.54. The molecular formula is C24H41N5O9. The lowest BCUT2D eigenvalue weighted by atomic mass is 10.1. The number of hydrogen-bond donors (Lipinski definition) is 7. The first-order valence-corrected chi connectivity index (χ1v) is 12.8. The summed E-state index contributed by atoms with van der Waals surface area (Å²) in [6, 6.07) is -2.44. The Morgan fingerprint density at radius 3 is 1.39 bits per heavy atom. The van der Waals surface area contributed by atoms with Gasteiger partial charge in [-0.25, -0.2) is 9.59 Å². The average molecular weight is 544 g/mol. The van der Waals surface area contributed by atoms with E-state index in [9.17, 15) is 38.7 Å². The zero-order valence-electron chi connectivity index (χ0n) is 22.1. The molecule has 0 aliphatic rings. The van der Waals surface area contributed by atoms with Crippen LogP contribution in [0.2, 0.25) is 0 Å². The van der Waals surface area contributed by atoms with Crippen molar-refractivity contribution in [1.82, 2.24) is 26.6 Å². The summed E-state index contributed by atoms with van der Waals surface area (Å²) in [5.41, 5.74) is 0. The van der Waals surface area contributed by atoms with Gasteiger partial charge in [0.15, 0.2) is 0 Å². The number of carboxylic acid groups (broad SMARTS) is 2. The maximum Gasteiger partial charge on any atom is 0.326 e. The molecule has 2 atom stereocenters. The van der Waals surface area contributed by atoms with Crippen molar-refractivity contribution in [3.8, 4) is 0 Å². The van der Waals surface area contributed by atoms with Crippen molar-refractivity contribution in [2.24, 2.45) is 0 Å². The summed E-state index contributed by atoms with van der Waals surface area (Å²) in [4.78, 5) is 81.0. The molecule has 0 saturated carbocycles. The van der Waals surface area contributed by atoms with E-state index in [0.29, 0.717) is 13.0 Å². The van der Waals surface area contributed by atoms with E-state index in [1.807, 2.05) is 6.92 Å². The molecule has 0 rings (SSSR count). The van der Waals surface area contributed by atoms with E-state index >= 15 is 0 Å². The lowest BCUT2D eigenvalue weighted by Gasteiger charge is -2.15. The Morgan fingerprint density at radius 1 is 0.579 bits per heavy atom. The minimum absolute atomic E-state index is 0.0692. The molecule has 14 heteroatoms. The fraction of sp³-hybridized carbons (Fsp3) is 0.708. The molecule has 0 radical (unpaired) electrons. The highest BCUT2D eigenvalue weighted by molar-refractivity contribution is 5.85. The van der Waals surface area contributed by atoms with E-state index in [1.54, 1.807) is 0 Å². The lowest BCUT2D eigenvalue weighted by molar-refractivity contribution is -0.142. The van der Waals surface area contributed by atoms with Gasteiger partial charge in [-0.05, 0) is 32.1 Å². The molecule has 0 saturated heterocycles. The Balaban J connectivity index is 4.15. The minimum Gasteiger partial charge on any atom is -0.480 e. The first-order chi connectivity index (χ1) is 18.0. The first-order valence-electron chi connectivity index (χ1n) is 12.8. The predicted molar refractivity (Wildman–Crippen MR) is 136 cm³/mol. The van der Waals surface area contributed by atoms with Gasteiger partial charge in [-0.2, -0.15) is 0 Å². The minimum atomic E-state index is -1.28. The smallest absolute Gasteiger partial charge is 0.326 e. The molecule has 0 aromatic heterocycles. The van der Waals surface area contributed by atoms with Gasteiger partial charge in [0.25, 0.3) is 0 Å². The van der Waals surface area contributed by atoms with Crippen LogP contribution in [0.4, 0.5) is 0 Å². The highest BCUT2D eigenvalue weighted by atomic mass is 16.4. The monoisotopic (exact) mass is 543 g/mol. The van der Waals surface area contributed by atoms with Gasteiger partial charge in [-0.15, -0.1) is 0 Å². The van der Waals surface area contributed by atoms with Crippen LogP contribution < -0.4 is 26.6 Å². The molecule has 14 nitrogen and oxygen atoms in total. The van der Waals surface area contributed by atoms with Gasteiger partial charge in [0, 0.05) is 52.2 Å². The summed E-state index contributed by atoms with van der Waals surface area (Å²) < 4.78 is 0. The molecule has 0 aromatic carbocycles. The van der Waals surface area contributed by atoms with Crippen molar-refractivity contribution >= 4 is 41.5 Å². The van der Waals surface area contributed by atoms with Crippen LogP contribution in [0.25, 0.3) is 0 Å². The standard InChI is InChI=1S/C24H41N5O9/c1-3-4-13-25-19(31)7-5-14-26-21(33)12-10-18(24(37)38)29-22(34)8-6-15-27-20(32)11-9-17(23(35)36)28-16(2)30/h17-18H,3-15H2,1-2H3,(H,25,31)(H,26,33)(H,27,32)(H,28,30)(H,29,34)(H,35,36)(H,37,38). The molecule has 0 spiro atoms. The second kappa shape index (κ2) is 20.4. The van der Waals surface area contributed by atoms with Crippen LogP contribution in [0, 0.1) is 0 Å². The Kier molecular flexibility index (Phi) is 18.4. The molecule has 0 aliphatic heterocycles. The van der Waals surface area contributed by atoms with Gasteiger partial charge in [0.05, 0.1) is 0 Å². The highest BCUT2D eigenvalue weighted by Crippen LogP contribution is 2.01. The number of rotatable bonds is 21. The maximum absolute atomic E-state index is 12.1. The number of carbonyl (C=O) groups is 7. The molecule has 0 bridgehead atoms. The number of carbonyl (C=O) groups excluding carboxylic acids is 5. The zero-order chi connectivity index (χ0) is 28.9. The van der Waals surface area contributed by atoms with Gasteiger partial charge >= 0.3 is 11.9 Å². The van der Waals surface area contributed by atoms with Crippen LogP contribution in [0.1, 0.15) is 78.1 Å². The van der Waals surface area contributed by atoms with Crippen molar-refractivity contribution in [3.63, 3.8) is 0 Å². The largest absolute Gasteiger partial charge is 0.480 e. The van der Waals surface area contributed by atoms with Crippen molar-refractivity contribution in [1.29, 1.82) is 0 Å². The van der Waals surface area contributed by atoms with Gasteiger partial charge in [0.2, 0.25) is 29.5 Å². The topological polar surface area (TPSA) is 220 Å². The van der Waals surface area contributed by atoms with Crippen molar-refractivity contribution in [3.05, 3.63) is 0 Å². The van der Waals surface area contributed by atoms with Gasteiger partial charge in [-0.3, -0.25) is 24.0 Å². The summed E-state index contributed by atoms with van der Waals surface area (Å²) >= 11 is 0. The number of aliphatic carboxylic acids is 2. The number of amides is 5. The van der Waals surface area contributed by atoms with Gasteiger partial charge in [0.1, 0.15) is 12.1 Å². The van der Waals surface area contributed by atoms with E-state index in [1.165, 1.54) is 6.92 Å². The van der Waals surface area contributed by atoms with E-state index in [4.69, 9.17) is 5.11 Å². The molecule has 0 fully saturated rings. The highest BCUT2D eigenvalue weighted by Gasteiger charge is 2.21. The molecule has 0 aliphatic carbocycles. The van der Waals surface area contributed by atoms with E-state index in [-0.39, 0.29) is 69.8 Å². The summed E-state index contributed by atoms with van der Waals surface area (Å²) in [7, 11) is 0. The van der Waals surface area contributed by atoms with Crippen molar-refractivity contribution in [2.75, 3.05) is 19.6 Å². The Morgan fingerprint density at radius 2 is 0.974 bits per heavy atom. The van der Waals surface area contributed by atoms with Crippen LogP contribution in [-0.4, -0.2) is 83.4 Å². The summed E-state index contributed by atoms with van der Waals surface area (Å²) in [6.07, 6.45) is 2.29. The van der Waals surface area contributed by atoms with Gasteiger partial charge < -0.3 is 36.8 Å². The molecule has 5 amide bonds. The van der Waals surface area contributed by atoms with Crippen LogP contribution in [-0.2, 0) is 33.6 Å². The molecular weight excluding hydrogens is 502 g/mol. The van der Waals surface area contributed by atoms with E-state index in [0.717, 1.165) is 12.8 Å². The second-order valence-corrected chi connectivity index (χ2v) is 8.74. The SMILES string of the molecule is CCCCNC(=O)CCCNC(=O)CCC(NC(=O)CCCNC(=O)CCC(NC(C)=O)C(=O)O)C(=O)O. The Labute approximate surface area is 222 Å². The van der Waals surface area contributed by atoms with E-state index < -0.39 is 41.7 Å². The predicted octanol–water partition coefficient (Wildman–Crippen LogP) is -0.585. The van der Waals surface area contributed by atoms with Crippen molar-refractivity contribution in [2.45, 2.75) is 90.1 Å². The van der Waals surface area contributed by atoms with Gasteiger partial charge in [-0.1, -0.05) is 13.3 Å². The number of nitrogens with one attached hydrogen (secondary N) is 5. The van der Waals surface area contributed by atoms with E-state index in [2.05, 4.69) is 26.6 Å². The normalized spacial score (nSPS) is 11.9. The molecule has 7 N–H and O–H groups in total. The van der Waals surface area contributed by atoms with Crippen LogP contribution >= 0.6 is 0 Å². The fourth-order valence-electron chi connectivity index (χ4n) is 3.20. The second-order valence-electron chi connectivity index (χ2n) is 8.74. The number of unbranched alkanes of at least 4 members (excludes halogenated alkanes) is 1. The zero-order valence-corrected chi connectivity index (χ0v) is 22.1. The molecule has 0 heterocycles. The molecule has 2 unspecified atom stereocenters. The molecule has 216 valence electrons. The molecule has 38 heavy (non-hydrogen) atoms. The van der Waals surface area contributed by atoms with Crippen molar-refractivity contribution < 1.29 is 43.8 Å². The summed E-state index contributed by atoms with van der Waals surface area (Å²) in [6.45, 7) is 4.20.